The summed E-state index contributed by atoms with van der Waals surface area (Å²) in [5.74, 6) is 1.18. The first-order valence-corrected chi connectivity index (χ1v) is 8.53. The number of nitrogens with two attached hydrogens (primary N) is 1. The van der Waals surface area contributed by atoms with Gasteiger partial charge in [0, 0.05) is 48.4 Å². The Hall–Kier alpha value is -0.520. The van der Waals surface area contributed by atoms with Gasteiger partial charge in [-0.15, -0.1) is 0 Å². The zero-order valence-corrected chi connectivity index (χ0v) is 14.0. The van der Waals surface area contributed by atoms with E-state index in [9.17, 15) is 0 Å². The molecule has 0 amide bonds. The molecule has 1 aliphatic heterocycles. The zero-order chi connectivity index (χ0) is 14.8. The van der Waals surface area contributed by atoms with Crippen molar-refractivity contribution in [2.75, 3.05) is 18.8 Å². The molecule has 114 valence electrons. The van der Waals surface area contributed by atoms with E-state index in [1.165, 1.54) is 17.7 Å². The number of hydrogen-bond donors (Lipinski definition) is 1. The molecule has 1 aromatic rings. The monoisotopic (exact) mass is 296 g/mol. The van der Waals surface area contributed by atoms with Gasteiger partial charge in [0.05, 0.1) is 12.2 Å². The van der Waals surface area contributed by atoms with E-state index in [1.54, 1.807) is 0 Å². The van der Waals surface area contributed by atoms with Gasteiger partial charge < -0.3 is 5.73 Å². The van der Waals surface area contributed by atoms with Crippen LogP contribution in [0.4, 0.5) is 0 Å². The molecule has 2 rings (SSSR count). The summed E-state index contributed by atoms with van der Waals surface area (Å²) < 4.78 is 2.26. The first-order valence-electron chi connectivity index (χ1n) is 7.55. The van der Waals surface area contributed by atoms with Crippen LogP contribution in [0.25, 0.3) is 0 Å². The Bertz CT molecular complexity index is 429. The molecule has 2 heterocycles. The van der Waals surface area contributed by atoms with Gasteiger partial charge in [0.15, 0.2) is 0 Å². The van der Waals surface area contributed by atoms with Gasteiger partial charge in [0.25, 0.3) is 0 Å². The molecular formula is C15H28N4S. The maximum Gasteiger partial charge on any atom is 0.0538 e. The SMILES string of the molecule is CCC(N)C(c1cnn(C)c1)N1CCSC(C)(C)CC1. The third-order valence-corrected chi connectivity index (χ3v) is 5.58. The normalized spacial score (nSPS) is 23.2. The molecular weight excluding hydrogens is 268 g/mol. The maximum absolute atomic E-state index is 6.42. The standard InChI is InChI=1S/C15H28N4S/c1-5-13(16)14(12-10-17-18(4)11-12)19-7-6-15(2,3)20-9-8-19/h10-11,13-14H,5-9,16H2,1-4H3. The van der Waals surface area contributed by atoms with Gasteiger partial charge in [-0.2, -0.15) is 16.9 Å². The molecule has 5 heteroatoms. The van der Waals surface area contributed by atoms with Crippen LogP contribution in [0.1, 0.15) is 45.2 Å². The van der Waals surface area contributed by atoms with E-state index in [0.717, 1.165) is 19.5 Å². The summed E-state index contributed by atoms with van der Waals surface area (Å²) in [5, 5.41) is 4.33. The Kier molecular flexibility index (Phi) is 5.15. The van der Waals surface area contributed by atoms with E-state index in [0.29, 0.717) is 10.8 Å². The second-order valence-electron chi connectivity index (χ2n) is 6.36. The molecule has 20 heavy (non-hydrogen) atoms. The van der Waals surface area contributed by atoms with Crippen LogP contribution in [0.2, 0.25) is 0 Å². The van der Waals surface area contributed by atoms with Gasteiger partial charge in [-0.1, -0.05) is 20.8 Å². The van der Waals surface area contributed by atoms with E-state index < -0.39 is 0 Å². The van der Waals surface area contributed by atoms with Gasteiger partial charge in [-0.25, -0.2) is 0 Å². The third kappa shape index (κ3) is 3.77. The second-order valence-corrected chi connectivity index (χ2v) is 8.16. The highest BCUT2D eigenvalue weighted by molar-refractivity contribution is 8.00. The first kappa shape index (κ1) is 15.9. The maximum atomic E-state index is 6.42. The molecule has 2 N–H and O–H groups in total. The Morgan fingerprint density at radius 2 is 2.20 bits per heavy atom. The van der Waals surface area contributed by atoms with Gasteiger partial charge in [0.1, 0.15) is 0 Å². The summed E-state index contributed by atoms with van der Waals surface area (Å²) in [6.45, 7) is 9.10. The molecule has 1 aliphatic rings. The number of rotatable bonds is 4. The minimum Gasteiger partial charge on any atom is -0.326 e. The lowest BCUT2D eigenvalue weighted by atomic mass is 9.98. The summed E-state index contributed by atoms with van der Waals surface area (Å²) in [5.41, 5.74) is 7.68. The molecule has 1 fully saturated rings. The van der Waals surface area contributed by atoms with Crippen molar-refractivity contribution in [3.63, 3.8) is 0 Å². The van der Waals surface area contributed by atoms with Crippen molar-refractivity contribution in [1.82, 2.24) is 14.7 Å². The molecule has 0 aliphatic carbocycles. The summed E-state index contributed by atoms with van der Waals surface area (Å²) in [7, 11) is 1.97. The predicted octanol–water partition coefficient (Wildman–Crippen LogP) is 2.42. The number of aryl methyl sites for hydroxylation is 1. The van der Waals surface area contributed by atoms with Crippen LogP contribution in [-0.4, -0.2) is 44.3 Å². The molecule has 0 aromatic carbocycles. The Labute approximate surface area is 127 Å². The minimum atomic E-state index is 0.172. The highest BCUT2D eigenvalue weighted by Gasteiger charge is 2.31. The van der Waals surface area contributed by atoms with Crippen LogP contribution >= 0.6 is 11.8 Å². The number of aromatic nitrogens is 2. The summed E-state index contributed by atoms with van der Waals surface area (Å²) in [4.78, 5) is 2.56. The van der Waals surface area contributed by atoms with E-state index in [1.807, 2.05) is 17.9 Å². The summed E-state index contributed by atoms with van der Waals surface area (Å²) >= 11 is 2.08. The predicted molar refractivity (Wildman–Crippen MR) is 86.9 cm³/mol. The number of thioether (sulfide) groups is 1. The molecule has 0 bridgehead atoms. The van der Waals surface area contributed by atoms with Crippen molar-refractivity contribution in [1.29, 1.82) is 0 Å². The molecule has 0 saturated carbocycles. The van der Waals surface area contributed by atoms with Crippen LogP contribution < -0.4 is 5.73 Å². The van der Waals surface area contributed by atoms with Crippen molar-refractivity contribution in [2.45, 2.75) is 50.4 Å². The lowest BCUT2D eigenvalue weighted by molar-refractivity contribution is 0.177. The second kappa shape index (κ2) is 6.50. The van der Waals surface area contributed by atoms with Crippen LogP contribution in [0, 0.1) is 0 Å². The number of hydrogen-bond acceptors (Lipinski definition) is 4. The highest BCUT2D eigenvalue weighted by Crippen LogP contribution is 2.34. The topological polar surface area (TPSA) is 47.1 Å². The first-order chi connectivity index (χ1) is 9.43. The fraction of sp³-hybridized carbons (Fsp3) is 0.800. The Morgan fingerprint density at radius 3 is 2.80 bits per heavy atom. The van der Waals surface area contributed by atoms with Gasteiger partial charge >= 0.3 is 0 Å². The Morgan fingerprint density at radius 1 is 1.45 bits per heavy atom. The van der Waals surface area contributed by atoms with Gasteiger partial charge in [0.2, 0.25) is 0 Å². The molecule has 0 spiro atoms. The zero-order valence-electron chi connectivity index (χ0n) is 13.2. The molecule has 1 aromatic heterocycles. The molecule has 4 nitrogen and oxygen atoms in total. The van der Waals surface area contributed by atoms with Gasteiger partial charge in [-0.05, 0) is 12.8 Å². The van der Waals surface area contributed by atoms with Crippen LogP contribution in [0.15, 0.2) is 12.4 Å². The fourth-order valence-electron chi connectivity index (χ4n) is 2.86. The van der Waals surface area contributed by atoms with E-state index in [-0.39, 0.29) is 6.04 Å². The average molecular weight is 296 g/mol. The van der Waals surface area contributed by atoms with E-state index in [4.69, 9.17) is 5.73 Å². The smallest absolute Gasteiger partial charge is 0.0538 e. The third-order valence-electron chi connectivity index (χ3n) is 4.21. The van der Waals surface area contributed by atoms with Crippen molar-refractivity contribution >= 4 is 11.8 Å². The lowest BCUT2D eigenvalue weighted by Gasteiger charge is -2.34. The fourth-order valence-corrected chi connectivity index (χ4v) is 3.97. The van der Waals surface area contributed by atoms with E-state index in [2.05, 4.69) is 48.7 Å². The highest BCUT2D eigenvalue weighted by atomic mass is 32.2. The minimum absolute atomic E-state index is 0.172. The summed E-state index contributed by atoms with van der Waals surface area (Å²) in [6.07, 6.45) is 6.30. The van der Waals surface area contributed by atoms with E-state index >= 15 is 0 Å². The molecule has 2 atom stereocenters. The molecule has 0 radical (unpaired) electrons. The number of nitrogens with zero attached hydrogens (tertiary/aromatic N) is 3. The largest absolute Gasteiger partial charge is 0.326 e. The van der Waals surface area contributed by atoms with Crippen molar-refractivity contribution in [3.8, 4) is 0 Å². The van der Waals surface area contributed by atoms with Crippen molar-refractivity contribution < 1.29 is 0 Å². The van der Waals surface area contributed by atoms with Crippen LogP contribution in [0.3, 0.4) is 0 Å². The van der Waals surface area contributed by atoms with Crippen molar-refractivity contribution in [3.05, 3.63) is 18.0 Å². The Balaban J connectivity index is 2.18. The average Bonchev–Trinajstić information content (AvgIpc) is 2.73. The van der Waals surface area contributed by atoms with Crippen molar-refractivity contribution in [2.24, 2.45) is 12.8 Å². The lowest BCUT2D eigenvalue weighted by Crippen LogP contribution is -2.42. The van der Waals surface area contributed by atoms with Gasteiger partial charge in [-0.3, -0.25) is 9.58 Å². The molecule has 1 saturated heterocycles. The van der Waals surface area contributed by atoms with Crippen LogP contribution in [-0.2, 0) is 7.05 Å². The molecule has 2 unspecified atom stereocenters. The quantitative estimate of drug-likeness (QED) is 0.927. The van der Waals surface area contributed by atoms with Crippen LogP contribution in [0.5, 0.6) is 0 Å². The summed E-state index contributed by atoms with van der Waals surface area (Å²) in [6, 6.07) is 0.466.